The van der Waals surface area contributed by atoms with Crippen LogP contribution in [0.3, 0.4) is 0 Å². The number of fused-ring (bicyclic) bond motifs is 2. The van der Waals surface area contributed by atoms with Gasteiger partial charge in [-0.05, 0) is 48.5 Å². The molecule has 0 bridgehead atoms. The van der Waals surface area contributed by atoms with Gasteiger partial charge in [0.15, 0.2) is 0 Å². The van der Waals surface area contributed by atoms with E-state index in [1.54, 1.807) is 0 Å². The van der Waals surface area contributed by atoms with E-state index in [1.165, 1.54) is 0 Å². The Kier molecular flexibility index (Phi) is 3.80. The third kappa shape index (κ3) is 2.53. The van der Waals surface area contributed by atoms with Crippen LogP contribution in [0.2, 0.25) is 0 Å². The number of nitrogen functional groups attached to an aromatic ring is 2. The minimum atomic E-state index is -1.14. The zero-order valence-electron chi connectivity index (χ0n) is 17.2. The molecule has 0 aromatic heterocycles. The van der Waals surface area contributed by atoms with Crippen molar-refractivity contribution < 1.29 is 0 Å². The Morgan fingerprint density at radius 1 is 0.406 bits per heavy atom. The number of hydrogen-bond acceptors (Lipinski definition) is 6. The van der Waals surface area contributed by atoms with Crippen LogP contribution in [0.1, 0.15) is 11.1 Å². The van der Waals surface area contributed by atoms with Crippen LogP contribution in [0.25, 0.3) is 0 Å². The molecule has 2 heterocycles. The van der Waals surface area contributed by atoms with Gasteiger partial charge in [0.25, 0.3) is 0 Å². The summed E-state index contributed by atoms with van der Waals surface area (Å²) < 4.78 is 0. The van der Waals surface area contributed by atoms with Crippen molar-refractivity contribution in [2.75, 3.05) is 11.5 Å². The molecule has 4 N–H and O–H groups in total. The van der Waals surface area contributed by atoms with Crippen LogP contribution in [0.15, 0.2) is 117 Å². The molecule has 2 aliphatic heterocycles. The normalized spacial score (nSPS) is 16.6. The molecule has 0 atom stereocenters. The summed E-state index contributed by atoms with van der Waals surface area (Å²) in [6.45, 7) is 0. The molecule has 0 fully saturated rings. The highest BCUT2D eigenvalue weighted by molar-refractivity contribution is 5.48. The summed E-state index contributed by atoms with van der Waals surface area (Å²) in [7, 11) is 0. The second kappa shape index (κ2) is 6.59. The summed E-state index contributed by atoms with van der Waals surface area (Å²) >= 11 is 0. The number of hydrogen-bond donors (Lipinski definition) is 2. The molecule has 0 radical (unpaired) electrons. The highest BCUT2D eigenvalue weighted by Crippen LogP contribution is 2.49. The van der Waals surface area contributed by atoms with E-state index in [-0.39, 0.29) is 0 Å². The van der Waals surface area contributed by atoms with Crippen LogP contribution in [0, 0.1) is 0 Å². The van der Waals surface area contributed by atoms with Gasteiger partial charge in [-0.3, -0.25) is 0 Å². The molecule has 4 aromatic carbocycles. The molecule has 0 saturated heterocycles. The Labute approximate surface area is 184 Å². The van der Waals surface area contributed by atoms with Gasteiger partial charge in [0, 0.05) is 22.5 Å². The van der Waals surface area contributed by atoms with Gasteiger partial charge in [0.05, 0.1) is 21.4 Å². The monoisotopic (exact) mass is 416 g/mol. The molecule has 4 aromatic rings. The molecule has 2 aliphatic rings. The fourth-order valence-corrected chi connectivity index (χ4v) is 4.46. The molecule has 0 amide bonds. The highest BCUT2D eigenvalue weighted by Gasteiger charge is 2.57. The van der Waals surface area contributed by atoms with Crippen molar-refractivity contribution in [2.24, 2.45) is 20.0 Å². The van der Waals surface area contributed by atoms with Crippen molar-refractivity contribution in [2.45, 2.75) is 11.3 Å². The van der Waals surface area contributed by atoms with Gasteiger partial charge in [-0.15, -0.1) is 0 Å². The fourth-order valence-electron chi connectivity index (χ4n) is 4.46. The molecule has 0 aliphatic carbocycles. The topological polar surface area (TPSA) is 101 Å². The van der Waals surface area contributed by atoms with Gasteiger partial charge in [-0.2, -0.15) is 0 Å². The van der Waals surface area contributed by atoms with Gasteiger partial charge in [-0.25, -0.2) is 20.0 Å². The first-order valence-corrected chi connectivity index (χ1v) is 10.4. The number of rotatable bonds is 3. The van der Waals surface area contributed by atoms with Crippen molar-refractivity contribution in [3.63, 3.8) is 0 Å². The van der Waals surface area contributed by atoms with E-state index in [0.717, 1.165) is 32.6 Å². The Morgan fingerprint density at radius 2 is 0.688 bits per heavy atom. The van der Waals surface area contributed by atoms with E-state index in [2.05, 4.69) is 0 Å². The first-order valence-electron chi connectivity index (χ1n) is 10.4. The van der Waals surface area contributed by atoms with Crippen molar-refractivity contribution in [1.82, 2.24) is 0 Å². The summed E-state index contributed by atoms with van der Waals surface area (Å²) in [4.78, 5) is 20.8. The van der Waals surface area contributed by atoms with Crippen LogP contribution >= 0.6 is 0 Å². The predicted octanol–water partition coefficient (Wildman–Crippen LogP) is 1.76. The first kappa shape index (κ1) is 18.4. The molecular formula is C26H20N6. The molecule has 0 unspecified atom stereocenters. The summed E-state index contributed by atoms with van der Waals surface area (Å²) in [5.41, 5.74) is 12.8. The average Bonchev–Trinajstić information content (AvgIpc) is 3.41. The third-order valence-corrected chi connectivity index (χ3v) is 6.01. The lowest BCUT2D eigenvalue weighted by atomic mass is 9.82. The number of benzene rings is 4. The van der Waals surface area contributed by atoms with Gasteiger partial charge in [-0.1, -0.05) is 48.5 Å². The first-order chi connectivity index (χ1) is 15.6. The van der Waals surface area contributed by atoms with Crippen LogP contribution in [-0.4, -0.2) is 0 Å². The number of nitrogens with zero attached hydrogens (tertiary/aromatic N) is 4. The Bertz CT molecular complexity index is 1400. The second-order valence-corrected chi connectivity index (χ2v) is 8.01. The Hall–Kier alpha value is -4.32. The largest absolute Gasteiger partial charge is 0.399 e. The van der Waals surface area contributed by atoms with Gasteiger partial charge in [0.2, 0.25) is 11.3 Å². The summed E-state index contributed by atoms with van der Waals surface area (Å²) in [6, 6.07) is 31.0. The summed E-state index contributed by atoms with van der Waals surface area (Å²) in [5.74, 6) is 0. The van der Waals surface area contributed by atoms with E-state index in [9.17, 15) is 0 Å². The molecule has 6 heteroatoms. The van der Waals surface area contributed by atoms with Crippen LogP contribution < -0.4 is 32.9 Å². The lowest BCUT2D eigenvalue weighted by Gasteiger charge is -2.38. The minimum Gasteiger partial charge on any atom is -0.399 e. The van der Waals surface area contributed by atoms with Crippen molar-refractivity contribution >= 4 is 11.4 Å². The second-order valence-electron chi connectivity index (χ2n) is 8.01. The fraction of sp³-hybridized carbons (Fsp3) is 0.0769. The number of anilines is 2. The Morgan fingerprint density at radius 3 is 0.969 bits per heavy atom. The smallest absolute Gasteiger partial charge is 0.226 e. The van der Waals surface area contributed by atoms with Gasteiger partial charge < -0.3 is 11.5 Å². The number of para-hydroxylation sites is 4. The predicted molar refractivity (Wildman–Crippen MR) is 123 cm³/mol. The standard InChI is InChI=1S/C26H20N6/c27-19-13-9-17(10-14-19)25(29-21-5-1-2-6-22(21)30-25)26(18-11-15-20(28)16-12-18)31-23-7-3-4-8-24(23)32-26/h1-16H,27-28H2. The van der Waals surface area contributed by atoms with E-state index in [1.807, 2.05) is 97.1 Å². The molecule has 32 heavy (non-hydrogen) atoms. The molecule has 154 valence electrons. The lowest BCUT2D eigenvalue weighted by molar-refractivity contribution is 0.242. The van der Waals surface area contributed by atoms with Crippen LogP contribution in [0.5, 0.6) is 0 Å². The molecule has 0 spiro atoms. The summed E-state index contributed by atoms with van der Waals surface area (Å²) in [6.07, 6.45) is 0. The van der Waals surface area contributed by atoms with Crippen molar-refractivity contribution in [3.05, 3.63) is 130 Å². The maximum Gasteiger partial charge on any atom is 0.226 e. The summed E-state index contributed by atoms with van der Waals surface area (Å²) in [5, 5.41) is 3.22. The Balaban J connectivity index is 1.76. The molecule has 0 saturated carbocycles. The van der Waals surface area contributed by atoms with Crippen LogP contribution in [-0.2, 0) is 11.3 Å². The van der Waals surface area contributed by atoms with E-state index >= 15 is 0 Å². The quantitative estimate of drug-likeness (QED) is 0.497. The SMILES string of the molecule is Nc1ccc(C2(C3(c4ccc(N)cc4)N=c4ccccc4=N3)N=c3ccccc3=N2)cc1. The zero-order valence-corrected chi connectivity index (χ0v) is 17.2. The van der Waals surface area contributed by atoms with Gasteiger partial charge in [0.1, 0.15) is 0 Å². The van der Waals surface area contributed by atoms with Crippen molar-refractivity contribution in [1.29, 1.82) is 0 Å². The maximum absolute atomic E-state index is 6.01. The molecule has 6 nitrogen and oxygen atoms in total. The highest BCUT2D eigenvalue weighted by atomic mass is 15.3. The minimum absolute atomic E-state index is 0.671. The van der Waals surface area contributed by atoms with Crippen molar-refractivity contribution in [3.8, 4) is 0 Å². The zero-order chi connectivity index (χ0) is 21.8. The third-order valence-electron chi connectivity index (χ3n) is 6.01. The average molecular weight is 416 g/mol. The molecular weight excluding hydrogens is 396 g/mol. The molecule has 6 rings (SSSR count). The van der Waals surface area contributed by atoms with Gasteiger partial charge >= 0.3 is 0 Å². The lowest BCUT2D eigenvalue weighted by Crippen LogP contribution is -2.44. The van der Waals surface area contributed by atoms with E-state index in [0.29, 0.717) is 11.4 Å². The maximum atomic E-state index is 6.01. The number of nitrogens with two attached hydrogens (primary N) is 2. The van der Waals surface area contributed by atoms with Crippen LogP contribution in [0.4, 0.5) is 11.4 Å². The van der Waals surface area contributed by atoms with E-state index in [4.69, 9.17) is 31.4 Å². The van der Waals surface area contributed by atoms with E-state index < -0.39 is 11.3 Å².